The van der Waals surface area contributed by atoms with Gasteiger partial charge in [-0.3, -0.25) is 4.90 Å². The Hall–Kier alpha value is -1.33. The average Bonchev–Trinajstić information content (AvgIpc) is 2.52. The van der Waals surface area contributed by atoms with Gasteiger partial charge in [-0.25, -0.2) is 22.2 Å². The van der Waals surface area contributed by atoms with E-state index < -0.39 is 27.8 Å². The third-order valence-electron chi connectivity index (χ3n) is 6.25. The lowest BCUT2D eigenvalue weighted by atomic mass is 9.72. The second-order valence-corrected chi connectivity index (χ2v) is 10.4. The van der Waals surface area contributed by atoms with Crippen molar-refractivity contribution in [2.24, 2.45) is 5.41 Å². The van der Waals surface area contributed by atoms with Crippen LogP contribution in [0.2, 0.25) is 0 Å². The number of aryl methyl sites for hydroxylation is 1. The van der Waals surface area contributed by atoms with E-state index >= 15 is 0 Å². The second-order valence-electron chi connectivity index (χ2n) is 8.54. The predicted octanol–water partition coefficient (Wildman–Crippen LogP) is 3.29. The van der Waals surface area contributed by atoms with Gasteiger partial charge in [-0.2, -0.15) is 17.5 Å². The highest BCUT2D eigenvalue weighted by atomic mass is 32.2. The minimum Gasteiger partial charge on any atom is -0.299 e. The minimum atomic E-state index is -4.63. The van der Waals surface area contributed by atoms with Crippen molar-refractivity contribution in [2.45, 2.75) is 55.6 Å². The summed E-state index contributed by atoms with van der Waals surface area (Å²) >= 11 is 0. The van der Waals surface area contributed by atoms with Gasteiger partial charge in [0.2, 0.25) is 15.9 Å². The monoisotopic (exact) mass is 439 g/mol. The van der Waals surface area contributed by atoms with Crippen molar-refractivity contribution in [3.63, 3.8) is 0 Å². The molecule has 1 saturated carbocycles. The number of alkyl halides is 5. The Morgan fingerprint density at radius 3 is 2.17 bits per heavy atom. The lowest BCUT2D eigenvalue weighted by Crippen LogP contribution is -2.74. The molecule has 1 aromatic heterocycles. The molecule has 0 atom stereocenters. The lowest BCUT2D eigenvalue weighted by molar-refractivity contribution is -0.141. The first-order valence-electron chi connectivity index (χ1n) is 9.48. The summed E-state index contributed by atoms with van der Waals surface area (Å²) in [4.78, 5) is 5.33. The summed E-state index contributed by atoms with van der Waals surface area (Å²) in [6.07, 6.45) is -3.96. The Kier molecular flexibility index (Phi) is 4.75. The van der Waals surface area contributed by atoms with Crippen LogP contribution in [0, 0.1) is 12.3 Å². The Morgan fingerprint density at radius 2 is 1.66 bits per heavy atom. The van der Waals surface area contributed by atoms with Gasteiger partial charge in [0, 0.05) is 50.5 Å². The molecule has 11 heteroatoms. The SMILES string of the molecule is Cc1nc(C(F)(F)F)ccc1S(=O)(=O)N1CC2(CN(C3CCC(F)(F)CC3)C2)C1. The molecule has 29 heavy (non-hydrogen) atoms. The van der Waals surface area contributed by atoms with Gasteiger partial charge >= 0.3 is 6.18 Å². The van der Waals surface area contributed by atoms with E-state index in [1.54, 1.807) is 0 Å². The Balaban J connectivity index is 1.37. The zero-order chi connectivity index (χ0) is 21.2. The Bertz CT molecular complexity index is 895. The summed E-state index contributed by atoms with van der Waals surface area (Å²) in [5.74, 6) is -2.58. The molecule has 0 aromatic carbocycles. The second kappa shape index (κ2) is 6.58. The number of hydrogen-bond acceptors (Lipinski definition) is 4. The number of nitrogens with zero attached hydrogens (tertiary/aromatic N) is 3. The Morgan fingerprint density at radius 1 is 1.07 bits per heavy atom. The molecule has 0 N–H and O–H groups in total. The van der Waals surface area contributed by atoms with Gasteiger partial charge in [-0.1, -0.05) is 0 Å². The van der Waals surface area contributed by atoms with Gasteiger partial charge in [0.15, 0.2) is 0 Å². The van der Waals surface area contributed by atoms with Crippen LogP contribution in [0.25, 0.3) is 0 Å². The maximum absolute atomic E-state index is 13.3. The maximum atomic E-state index is 13.3. The molecule has 1 aliphatic carbocycles. The van der Waals surface area contributed by atoms with Crippen molar-refractivity contribution in [3.8, 4) is 0 Å². The molecule has 4 rings (SSSR count). The quantitative estimate of drug-likeness (QED) is 0.679. The zero-order valence-electron chi connectivity index (χ0n) is 15.8. The molecule has 1 aromatic rings. The normalized spacial score (nSPS) is 25.6. The van der Waals surface area contributed by atoms with E-state index in [-0.39, 0.29) is 48.0 Å². The topological polar surface area (TPSA) is 53.5 Å². The highest BCUT2D eigenvalue weighted by Crippen LogP contribution is 2.46. The van der Waals surface area contributed by atoms with Crippen molar-refractivity contribution in [2.75, 3.05) is 26.2 Å². The molecule has 3 heterocycles. The summed E-state index contributed by atoms with van der Waals surface area (Å²) in [5, 5.41) is 0. The van der Waals surface area contributed by atoms with Crippen LogP contribution in [0.5, 0.6) is 0 Å². The van der Waals surface area contributed by atoms with Crippen molar-refractivity contribution in [1.29, 1.82) is 0 Å². The fourth-order valence-electron chi connectivity index (χ4n) is 4.65. The number of rotatable bonds is 3. The summed E-state index contributed by atoms with van der Waals surface area (Å²) in [7, 11) is -3.91. The van der Waals surface area contributed by atoms with Crippen molar-refractivity contribution < 1.29 is 30.4 Å². The molecule has 0 radical (unpaired) electrons. The van der Waals surface area contributed by atoms with Gasteiger partial charge < -0.3 is 0 Å². The van der Waals surface area contributed by atoms with Gasteiger partial charge in [0.05, 0.1) is 5.69 Å². The summed E-state index contributed by atoms with van der Waals surface area (Å²) in [5.41, 5.74) is -1.49. The van der Waals surface area contributed by atoms with E-state index in [1.165, 1.54) is 11.2 Å². The molecule has 1 spiro atoms. The number of pyridine rings is 1. The number of likely N-dealkylation sites (tertiary alicyclic amines) is 1. The molecule has 0 amide bonds. The molecule has 0 unspecified atom stereocenters. The van der Waals surface area contributed by atoms with E-state index in [2.05, 4.69) is 9.88 Å². The van der Waals surface area contributed by atoms with Gasteiger partial charge in [0.1, 0.15) is 10.6 Å². The van der Waals surface area contributed by atoms with Crippen LogP contribution in [-0.2, 0) is 16.2 Å². The number of sulfonamides is 1. The molecule has 5 nitrogen and oxygen atoms in total. The predicted molar refractivity (Wildman–Crippen MR) is 93.9 cm³/mol. The lowest BCUT2D eigenvalue weighted by Gasteiger charge is -2.61. The van der Waals surface area contributed by atoms with Crippen molar-refractivity contribution >= 4 is 10.0 Å². The van der Waals surface area contributed by atoms with Crippen LogP contribution in [0.4, 0.5) is 22.0 Å². The van der Waals surface area contributed by atoms with Crippen LogP contribution in [-0.4, -0.2) is 60.8 Å². The number of hydrogen-bond donors (Lipinski definition) is 0. The fourth-order valence-corrected chi connectivity index (χ4v) is 6.48. The number of aromatic nitrogens is 1. The molecule has 3 fully saturated rings. The molecule has 0 bridgehead atoms. The first-order valence-corrected chi connectivity index (χ1v) is 10.9. The van der Waals surface area contributed by atoms with Crippen LogP contribution >= 0.6 is 0 Å². The van der Waals surface area contributed by atoms with E-state index in [9.17, 15) is 30.4 Å². The minimum absolute atomic E-state index is 0.109. The maximum Gasteiger partial charge on any atom is 0.433 e. The zero-order valence-corrected chi connectivity index (χ0v) is 16.7. The van der Waals surface area contributed by atoms with Crippen LogP contribution < -0.4 is 0 Å². The van der Waals surface area contributed by atoms with Crippen molar-refractivity contribution in [3.05, 3.63) is 23.5 Å². The summed E-state index contributed by atoms with van der Waals surface area (Å²) in [6, 6.07) is 1.76. The van der Waals surface area contributed by atoms with Gasteiger partial charge in [0.25, 0.3) is 0 Å². The average molecular weight is 439 g/mol. The van der Waals surface area contributed by atoms with Crippen LogP contribution in [0.3, 0.4) is 0 Å². The summed E-state index contributed by atoms with van der Waals surface area (Å²) < 4.78 is 91.7. The molecule has 2 aliphatic heterocycles. The van der Waals surface area contributed by atoms with Gasteiger partial charge in [-0.05, 0) is 31.9 Å². The third-order valence-corrected chi connectivity index (χ3v) is 8.17. The molecule has 2 saturated heterocycles. The van der Waals surface area contributed by atoms with E-state index in [0.717, 1.165) is 6.07 Å². The standard InChI is InChI=1S/C18H22F5N3O2S/c1-12-14(2-3-15(24-12)18(21,22)23)29(27,28)26-10-16(11-26)8-25(9-16)13-4-6-17(19,20)7-5-13/h2-3,13H,4-11H2,1H3. The third kappa shape index (κ3) is 3.76. The molecular formula is C18H22F5N3O2S. The molecule has 3 aliphatic rings. The van der Waals surface area contributed by atoms with Crippen molar-refractivity contribution in [1.82, 2.24) is 14.2 Å². The Labute approximate surface area is 165 Å². The first kappa shape index (κ1) is 20.9. The number of halogens is 5. The highest BCUT2D eigenvalue weighted by molar-refractivity contribution is 7.89. The largest absolute Gasteiger partial charge is 0.433 e. The molecule has 162 valence electrons. The fraction of sp³-hybridized carbons (Fsp3) is 0.722. The first-order chi connectivity index (χ1) is 13.3. The molecular weight excluding hydrogens is 417 g/mol. The summed E-state index contributed by atoms with van der Waals surface area (Å²) in [6.45, 7) is 3.16. The smallest absolute Gasteiger partial charge is 0.299 e. The van der Waals surface area contributed by atoms with Gasteiger partial charge in [-0.15, -0.1) is 0 Å². The van der Waals surface area contributed by atoms with E-state index in [1.807, 2.05) is 0 Å². The van der Waals surface area contributed by atoms with Crippen LogP contribution in [0.15, 0.2) is 17.0 Å². The van der Waals surface area contributed by atoms with Crippen LogP contribution in [0.1, 0.15) is 37.1 Å². The van der Waals surface area contributed by atoms with E-state index in [0.29, 0.717) is 32.0 Å². The van der Waals surface area contributed by atoms with E-state index in [4.69, 9.17) is 0 Å². The highest BCUT2D eigenvalue weighted by Gasteiger charge is 2.57.